The first kappa shape index (κ1) is 11.5. The molecule has 2 atom stereocenters. The predicted molar refractivity (Wildman–Crippen MR) is 55.9 cm³/mol. The summed E-state index contributed by atoms with van der Waals surface area (Å²) >= 11 is 0. The van der Waals surface area contributed by atoms with Gasteiger partial charge in [0, 0.05) is 18.9 Å². The van der Waals surface area contributed by atoms with Crippen molar-refractivity contribution in [2.24, 2.45) is 0 Å². The van der Waals surface area contributed by atoms with Crippen molar-refractivity contribution in [3.8, 4) is 6.07 Å². The Morgan fingerprint density at radius 2 is 1.86 bits per heavy atom. The van der Waals surface area contributed by atoms with E-state index in [1.807, 2.05) is 13.8 Å². The smallest absolute Gasteiger partial charge is 0.111 e. The highest BCUT2D eigenvalue weighted by Crippen LogP contribution is 2.28. The maximum absolute atomic E-state index is 9.26. The van der Waals surface area contributed by atoms with Gasteiger partial charge < -0.3 is 4.74 Å². The van der Waals surface area contributed by atoms with E-state index in [1.54, 1.807) is 0 Å². The van der Waals surface area contributed by atoms with Crippen molar-refractivity contribution in [1.82, 2.24) is 5.32 Å². The fourth-order valence-corrected chi connectivity index (χ4v) is 2.35. The summed E-state index contributed by atoms with van der Waals surface area (Å²) in [6.45, 7) is 8.21. The molecule has 0 bridgehead atoms. The van der Waals surface area contributed by atoms with Crippen LogP contribution in [0.5, 0.6) is 0 Å². The van der Waals surface area contributed by atoms with Gasteiger partial charge >= 0.3 is 0 Å². The van der Waals surface area contributed by atoms with Gasteiger partial charge in [0.1, 0.15) is 5.54 Å². The van der Waals surface area contributed by atoms with Gasteiger partial charge in [-0.1, -0.05) is 0 Å². The molecule has 1 aliphatic heterocycles. The van der Waals surface area contributed by atoms with Gasteiger partial charge in [-0.25, -0.2) is 0 Å². The van der Waals surface area contributed by atoms with Crippen LogP contribution >= 0.6 is 0 Å². The molecular weight excluding hydrogens is 176 g/mol. The van der Waals surface area contributed by atoms with Crippen molar-refractivity contribution >= 4 is 0 Å². The summed E-state index contributed by atoms with van der Waals surface area (Å²) in [7, 11) is 0. The largest absolute Gasteiger partial charge is 0.375 e. The van der Waals surface area contributed by atoms with Crippen molar-refractivity contribution in [2.75, 3.05) is 0 Å². The molecular formula is C11H20N2O. The second-order valence-electron chi connectivity index (χ2n) is 4.66. The number of rotatable bonds is 2. The Labute approximate surface area is 86.4 Å². The van der Waals surface area contributed by atoms with Gasteiger partial charge in [0.2, 0.25) is 0 Å². The first-order valence-corrected chi connectivity index (χ1v) is 5.32. The van der Waals surface area contributed by atoms with E-state index < -0.39 is 0 Å². The Balaban J connectivity index is 2.73. The molecule has 0 aromatic carbocycles. The zero-order valence-corrected chi connectivity index (χ0v) is 9.50. The van der Waals surface area contributed by atoms with Crippen LogP contribution in [0, 0.1) is 11.3 Å². The molecule has 3 nitrogen and oxygen atoms in total. The third-order valence-electron chi connectivity index (χ3n) is 2.52. The molecule has 1 heterocycles. The molecule has 0 aromatic heterocycles. The maximum atomic E-state index is 9.26. The highest BCUT2D eigenvalue weighted by atomic mass is 16.5. The monoisotopic (exact) mass is 196 g/mol. The fourth-order valence-electron chi connectivity index (χ4n) is 2.35. The molecule has 1 aliphatic rings. The van der Waals surface area contributed by atoms with Crippen LogP contribution in [0.25, 0.3) is 0 Å². The molecule has 1 saturated heterocycles. The zero-order chi connectivity index (χ0) is 10.8. The summed E-state index contributed by atoms with van der Waals surface area (Å²) in [6, 6.07) is 2.76. The number of nitrogens with one attached hydrogen (secondary N) is 1. The van der Waals surface area contributed by atoms with Crippen molar-refractivity contribution in [3.05, 3.63) is 0 Å². The fraction of sp³-hybridized carbons (Fsp3) is 0.909. The first-order valence-electron chi connectivity index (χ1n) is 5.32. The lowest BCUT2D eigenvalue weighted by molar-refractivity contribution is -0.0576. The standard InChI is InChI=1S/C11H20N2O/c1-8(2)13-11(7-12)5-9(3)14-10(4)6-11/h8-10,13H,5-6H2,1-4H3. The van der Waals surface area contributed by atoms with E-state index in [4.69, 9.17) is 4.74 Å². The summed E-state index contributed by atoms with van der Waals surface area (Å²) in [5.41, 5.74) is -0.384. The second-order valence-corrected chi connectivity index (χ2v) is 4.66. The van der Waals surface area contributed by atoms with E-state index in [0.717, 1.165) is 12.8 Å². The van der Waals surface area contributed by atoms with Gasteiger partial charge in [0.15, 0.2) is 0 Å². The van der Waals surface area contributed by atoms with Crippen molar-refractivity contribution < 1.29 is 4.74 Å². The quantitative estimate of drug-likeness (QED) is 0.733. The zero-order valence-electron chi connectivity index (χ0n) is 9.50. The Morgan fingerprint density at radius 1 is 1.36 bits per heavy atom. The van der Waals surface area contributed by atoms with Crippen molar-refractivity contribution in [2.45, 2.75) is 64.3 Å². The topological polar surface area (TPSA) is 45.0 Å². The SMILES string of the molecule is CC(C)NC1(C#N)CC(C)OC(C)C1. The van der Waals surface area contributed by atoms with Crippen LogP contribution in [0.15, 0.2) is 0 Å². The molecule has 0 radical (unpaired) electrons. The minimum absolute atomic E-state index is 0.171. The molecule has 80 valence electrons. The number of hydrogen-bond acceptors (Lipinski definition) is 3. The van der Waals surface area contributed by atoms with E-state index in [1.165, 1.54) is 0 Å². The summed E-state index contributed by atoms with van der Waals surface area (Å²) in [6.07, 6.45) is 1.91. The Kier molecular flexibility index (Phi) is 3.52. The van der Waals surface area contributed by atoms with Gasteiger partial charge in [-0.3, -0.25) is 5.32 Å². The number of ether oxygens (including phenoxy) is 1. The Morgan fingerprint density at radius 3 is 2.21 bits per heavy atom. The maximum Gasteiger partial charge on any atom is 0.111 e. The lowest BCUT2D eigenvalue weighted by atomic mass is 9.85. The highest BCUT2D eigenvalue weighted by molar-refractivity contribution is 5.11. The lowest BCUT2D eigenvalue weighted by Crippen LogP contribution is -2.54. The minimum Gasteiger partial charge on any atom is -0.375 e. The van der Waals surface area contributed by atoms with E-state index in [-0.39, 0.29) is 17.7 Å². The van der Waals surface area contributed by atoms with Crippen LogP contribution in [0.1, 0.15) is 40.5 Å². The highest BCUT2D eigenvalue weighted by Gasteiger charge is 2.38. The average molecular weight is 196 g/mol. The molecule has 3 heteroatoms. The van der Waals surface area contributed by atoms with Gasteiger partial charge in [-0.15, -0.1) is 0 Å². The molecule has 1 N–H and O–H groups in total. The number of hydrogen-bond donors (Lipinski definition) is 1. The van der Waals surface area contributed by atoms with E-state index in [0.29, 0.717) is 6.04 Å². The molecule has 14 heavy (non-hydrogen) atoms. The molecule has 1 rings (SSSR count). The molecule has 0 aromatic rings. The summed E-state index contributed by atoms with van der Waals surface area (Å²) in [5.74, 6) is 0. The van der Waals surface area contributed by atoms with Crippen LogP contribution in [0.3, 0.4) is 0 Å². The van der Waals surface area contributed by atoms with E-state index >= 15 is 0 Å². The molecule has 0 saturated carbocycles. The normalized spacial score (nSPS) is 38.3. The number of nitrogens with zero attached hydrogens (tertiary/aromatic N) is 1. The van der Waals surface area contributed by atoms with E-state index in [2.05, 4.69) is 25.2 Å². The molecule has 2 unspecified atom stereocenters. The molecule has 1 fully saturated rings. The van der Waals surface area contributed by atoms with Crippen molar-refractivity contribution in [1.29, 1.82) is 5.26 Å². The van der Waals surface area contributed by atoms with Crippen molar-refractivity contribution in [3.63, 3.8) is 0 Å². The lowest BCUT2D eigenvalue weighted by Gasteiger charge is -2.39. The third kappa shape index (κ3) is 2.70. The third-order valence-corrected chi connectivity index (χ3v) is 2.52. The second kappa shape index (κ2) is 4.29. The first-order chi connectivity index (χ1) is 6.47. The predicted octanol–water partition coefficient (Wildman–Crippen LogP) is 1.83. The van der Waals surface area contributed by atoms with Crippen LogP contribution in [-0.4, -0.2) is 23.8 Å². The number of nitriles is 1. The van der Waals surface area contributed by atoms with Crippen LogP contribution < -0.4 is 5.32 Å². The minimum atomic E-state index is -0.384. The Bertz CT molecular complexity index is 216. The van der Waals surface area contributed by atoms with Gasteiger partial charge in [0.25, 0.3) is 0 Å². The molecule has 0 aliphatic carbocycles. The molecule has 0 spiro atoms. The van der Waals surface area contributed by atoms with Gasteiger partial charge in [0.05, 0.1) is 18.3 Å². The van der Waals surface area contributed by atoms with Gasteiger partial charge in [-0.05, 0) is 27.7 Å². The van der Waals surface area contributed by atoms with E-state index in [9.17, 15) is 5.26 Å². The van der Waals surface area contributed by atoms with Gasteiger partial charge in [-0.2, -0.15) is 5.26 Å². The van der Waals surface area contributed by atoms with Crippen LogP contribution in [-0.2, 0) is 4.74 Å². The van der Waals surface area contributed by atoms with Crippen LogP contribution in [0.2, 0.25) is 0 Å². The summed E-state index contributed by atoms with van der Waals surface area (Å²) in [5, 5.41) is 12.6. The Hall–Kier alpha value is -0.590. The van der Waals surface area contributed by atoms with Crippen LogP contribution in [0.4, 0.5) is 0 Å². The molecule has 0 amide bonds. The summed E-state index contributed by atoms with van der Waals surface area (Å²) < 4.78 is 5.63. The summed E-state index contributed by atoms with van der Waals surface area (Å²) in [4.78, 5) is 0. The average Bonchev–Trinajstić information content (AvgIpc) is 2.00.